The fourth-order valence-electron chi connectivity index (χ4n) is 4.29. The van der Waals surface area contributed by atoms with Crippen molar-refractivity contribution in [3.05, 3.63) is 17.9 Å². The molecule has 2 aliphatic rings. The SMILES string of the molecule is CC(C)(C)NS(=O)(=O)c1ccc(C(=O)NC2C3CCCC2CC(N)C3)o1.Cl. The lowest BCUT2D eigenvalue weighted by molar-refractivity contribution is 0.0728. The van der Waals surface area contributed by atoms with Crippen LogP contribution >= 0.6 is 12.4 Å². The van der Waals surface area contributed by atoms with Crippen molar-refractivity contribution in [3.63, 3.8) is 0 Å². The minimum atomic E-state index is -3.80. The maximum absolute atomic E-state index is 12.6. The van der Waals surface area contributed by atoms with Crippen LogP contribution in [-0.4, -0.2) is 31.9 Å². The van der Waals surface area contributed by atoms with Gasteiger partial charge in [0.05, 0.1) is 0 Å². The number of nitrogens with one attached hydrogen (secondary N) is 2. The molecule has 0 saturated heterocycles. The maximum atomic E-state index is 12.6. The molecule has 2 fully saturated rings. The predicted octanol–water partition coefficient (Wildman–Crippen LogP) is 2.41. The van der Waals surface area contributed by atoms with Crippen molar-refractivity contribution in [2.45, 2.75) is 75.6 Å². The molecule has 9 heteroatoms. The molecule has 154 valence electrons. The van der Waals surface area contributed by atoms with Crippen molar-refractivity contribution in [1.29, 1.82) is 0 Å². The van der Waals surface area contributed by atoms with E-state index in [1.807, 2.05) is 0 Å². The van der Waals surface area contributed by atoms with Crippen LogP contribution in [0.15, 0.2) is 21.6 Å². The largest absolute Gasteiger partial charge is 0.438 e. The highest BCUT2D eigenvalue weighted by molar-refractivity contribution is 7.89. The van der Waals surface area contributed by atoms with Gasteiger partial charge < -0.3 is 15.5 Å². The maximum Gasteiger partial charge on any atom is 0.287 e. The lowest BCUT2D eigenvalue weighted by Gasteiger charge is -2.45. The molecular formula is C18H30ClN3O4S. The number of hydrogen-bond donors (Lipinski definition) is 3. The van der Waals surface area contributed by atoms with Crippen LogP contribution in [0.1, 0.15) is 63.4 Å². The molecule has 2 atom stereocenters. The van der Waals surface area contributed by atoms with Crippen LogP contribution < -0.4 is 15.8 Å². The summed E-state index contributed by atoms with van der Waals surface area (Å²) in [7, 11) is -3.80. The highest BCUT2D eigenvalue weighted by Gasteiger charge is 2.40. The van der Waals surface area contributed by atoms with Crippen LogP contribution in [0.25, 0.3) is 0 Å². The Morgan fingerprint density at radius 3 is 2.33 bits per heavy atom. The first kappa shape index (κ1) is 22.2. The van der Waals surface area contributed by atoms with Crippen LogP contribution in [0.3, 0.4) is 0 Å². The Labute approximate surface area is 167 Å². The quantitative estimate of drug-likeness (QED) is 0.693. The number of nitrogens with two attached hydrogens (primary N) is 1. The third-order valence-corrected chi connectivity index (χ3v) is 6.82. The number of rotatable bonds is 4. The normalized spacial score (nSPS) is 28.3. The Bertz CT molecular complexity index is 758. The molecule has 4 N–H and O–H groups in total. The minimum Gasteiger partial charge on any atom is -0.438 e. The topological polar surface area (TPSA) is 114 Å². The molecule has 3 rings (SSSR count). The van der Waals surface area contributed by atoms with Crippen molar-refractivity contribution in [2.75, 3.05) is 0 Å². The zero-order valence-corrected chi connectivity index (χ0v) is 17.7. The zero-order valence-electron chi connectivity index (χ0n) is 16.0. The van der Waals surface area contributed by atoms with Gasteiger partial charge in [-0.3, -0.25) is 4.79 Å². The van der Waals surface area contributed by atoms with Gasteiger partial charge in [0.2, 0.25) is 5.09 Å². The molecule has 0 spiro atoms. The van der Waals surface area contributed by atoms with Crippen LogP contribution in [0.5, 0.6) is 0 Å². The van der Waals surface area contributed by atoms with Gasteiger partial charge in [-0.15, -0.1) is 12.4 Å². The Morgan fingerprint density at radius 2 is 1.78 bits per heavy atom. The number of fused-ring (bicyclic) bond motifs is 2. The number of carbonyl (C=O) groups is 1. The third-order valence-electron chi connectivity index (χ3n) is 5.18. The molecule has 2 unspecified atom stereocenters. The van der Waals surface area contributed by atoms with Crippen molar-refractivity contribution in [2.24, 2.45) is 17.6 Å². The van der Waals surface area contributed by atoms with E-state index in [0.29, 0.717) is 11.8 Å². The highest BCUT2D eigenvalue weighted by Crippen LogP contribution is 2.39. The molecule has 0 aromatic carbocycles. The molecule has 0 aliphatic heterocycles. The van der Waals surface area contributed by atoms with Gasteiger partial charge in [0, 0.05) is 17.6 Å². The minimum absolute atomic E-state index is 0. The standard InChI is InChI=1S/C18H29N3O4S.ClH/c1-18(2,3)21-26(23,24)15-8-7-14(25-15)17(22)20-16-11-5-4-6-12(16)10-13(19)9-11;/h7-8,11-13,16,21H,4-6,9-10,19H2,1-3H3,(H,20,22);1H. The monoisotopic (exact) mass is 419 g/mol. The van der Waals surface area contributed by atoms with Gasteiger partial charge >= 0.3 is 0 Å². The molecule has 27 heavy (non-hydrogen) atoms. The summed E-state index contributed by atoms with van der Waals surface area (Å²) < 4.78 is 32.5. The summed E-state index contributed by atoms with van der Waals surface area (Å²) in [5.74, 6) is 0.441. The van der Waals surface area contributed by atoms with E-state index in [0.717, 1.165) is 25.7 Å². The Kier molecular flexibility index (Phi) is 6.67. The first-order chi connectivity index (χ1) is 12.0. The Balaban J connectivity index is 0.00000261. The molecule has 2 saturated carbocycles. The smallest absolute Gasteiger partial charge is 0.287 e. The summed E-state index contributed by atoms with van der Waals surface area (Å²) in [6, 6.07) is 3.04. The van der Waals surface area contributed by atoms with Crippen LogP contribution in [0, 0.1) is 11.8 Å². The summed E-state index contributed by atoms with van der Waals surface area (Å²) in [4.78, 5) is 12.6. The molecule has 7 nitrogen and oxygen atoms in total. The van der Waals surface area contributed by atoms with Crippen molar-refractivity contribution < 1.29 is 17.6 Å². The molecule has 2 bridgehead atoms. The number of furan rings is 1. The van der Waals surface area contributed by atoms with Crippen LogP contribution in [0.2, 0.25) is 0 Å². The summed E-state index contributed by atoms with van der Waals surface area (Å²) in [6.07, 6.45) is 5.17. The van der Waals surface area contributed by atoms with Gasteiger partial charge in [-0.25, -0.2) is 13.1 Å². The van der Waals surface area contributed by atoms with Gasteiger partial charge in [0.25, 0.3) is 15.9 Å². The second-order valence-corrected chi connectivity index (χ2v) is 10.3. The first-order valence-electron chi connectivity index (χ1n) is 9.25. The number of halogens is 1. The number of sulfonamides is 1. The molecule has 0 radical (unpaired) electrons. The van der Waals surface area contributed by atoms with Crippen molar-refractivity contribution in [1.82, 2.24) is 10.0 Å². The zero-order chi connectivity index (χ0) is 19.1. The molecule has 1 heterocycles. The highest BCUT2D eigenvalue weighted by atomic mass is 35.5. The van der Waals surface area contributed by atoms with Gasteiger partial charge in [0.1, 0.15) is 0 Å². The molecule has 1 aromatic rings. The Hall–Kier alpha value is -1.09. The molecule has 1 aromatic heterocycles. The number of hydrogen-bond acceptors (Lipinski definition) is 5. The third kappa shape index (κ3) is 5.25. The van der Waals surface area contributed by atoms with E-state index in [1.165, 1.54) is 18.6 Å². The molecule has 2 aliphatic carbocycles. The van der Waals surface area contributed by atoms with Gasteiger partial charge in [0.15, 0.2) is 5.76 Å². The van der Waals surface area contributed by atoms with E-state index in [4.69, 9.17) is 10.2 Å². The summed E-state index contributed by atoms with van der Waals surface area (Å²) in [6.45, 7) is 5.23. The fraction of sp³-hybridized carbons (Fsp3) is 0.722. The lowest BCUT2D eigenvalue weighted by atomic mass is 9.67. The van der Waals surface area contributed by atoms with E-state index >= 15 is 0 Å². The van der Waals surface area contributed by atoms with E-state index in [-0.39, 0.29) is 41.3 Å². The van der Waals surface area contributed by atoms with E-state index in [1.54, 1.807) is 20.8 Å². The van der Waals surface area contributed by atoms with Gasteiger partial charge in [-0.1, -0.05) is 6.42 Å². The molecular weight excluding hydrogens is 390 g/mol. The summed E-state index contributed by atoms with van der Waals surface area (Å²) in [5, 5.41) is 2.82. The van der Waals surface area contributed by atoms with Crippen molar-refractivity contribution in [3.8, 4) is 0 Å². The first-order valence-corrected chi connectivity index (χ1v) is 10.7. The van der Waals surface area contributed by atoms with Crippen LogP contribution in [-0.2, 0) is 10.0 Å². The average Bonchev–Trinajstić information content (AvgIpc) is 2.96. The summed E-state index contributed by atoms with van der Waals surface area (Å²) in [5.41, 5.74) is 5.49. The predicted molar refractivity (Wildman–Crippen MR) is 105 cm³/mol. The van der Waals surface area contributed by atoms with E-state index in [9.17, 15) is 13.2 Å². The number of amides is 1. The average molecular weight is 420 g/mol. The lowest BCUT2D eigenvalue weighted by Crippen LogP contribution is -2.53. The molecule has 1 amide bonds. The number of carbonyl (C=O) groups excluding carboxylic acids is 1. The van der Waals surface area contributed by atoms with Crippen molar-refractivity contribution >= 4 is 28.3 Å². The Morgan fingerprint density at radius 1 is 1.19 bits per heavy atom. The van der Waals surface area contributed by atoms with Gasteiger partial charge in [-0.05, 0) is 70.4 Å². The second-order valence-electron chi connectivity index (χ2n) is 8.66. The second kappa shape index (κ2) is 8.11. The van der Waals surface area contributed by atoms with Crippen LogP contribution in [0.4, 0.5) is 0 Å². The van der Waals surface area contributed by atoms with E-state index < -0.39 is 15.6 Å². The summed E-state index contributed by atoms with van der Waals surface area (Å²) >= 11 is 0. The van der Waals surface area contributed by atoms with Gasteiger partial charge in [-0.2, -0.15) is 0 Å². The fourth-order valence-corrected chi connectivity index (χ4v) is 5.64. The van der Waals surface area contributed by atoms with E-state index in [2.05, 4.69) is 10.0 Å².